The van der Waals surface area contributed by atoms with Crippen LogP contribution >= 0.6 is 0 Å². The first-order chi connectivity index (χ1) is 10.2. The fraction of sp³-hybridized carbons (Fsp3) is 0.353. The van der Waals surface area contributed by atoms with E-state index in [2.05, 4.69) is 36.4 Å². The van der Waals surface area contributed by atoms with Crippen molar-refractivity contribution >= 4 is 5.91 Å². The molecule has 1 heterocycles. The van der Waals surface area contributed by atoms with E-state index in [-0.39, 0.29) is 5.91 Å². The third-order valence-corrected chi connectivity index (χ3v) is 3.62. The molecule has 2 aromatic rings. The van der Waals surface area contributed by atoms with Crippen LogP contribution in [0.4, 0.5) is 0 Å². The molecule has 1 aromatic carbocycles. The highest BCUT2D eigenvalue weighted by molar-refractivity contribution is 5.94. The molecule has 0 aliphatic rings. The number of nitrogens with zero attached hydrogens (tertiary/aromatic N) is 3. The molecule has 1 amide bonds. The molecule has 5 heteroatoms. The van der Waals surface area contributed by atoms with Gasteiger partial charge in [-0.15, -0.1) is 0 Å². The lowest BCUT2D eigenvalue weighted by Gasteiger charge is -2.16. The molecule has 0 aliphatic heterocycles. The van der Waals surface area contributed by atoms with E-state index in [1.54, 1.807) is 31.6 Å². The summed E-state index contributed by atoms with van der Waals surface area (Å²) in [6.45, 7) is 7.42. The van der Waals surface area contributed by atoms with Crippen LogP contribution in [0.25, 0.3) is 11.3 Å². The minimum atomic E-state index is -0.921. The predicted molar refractivity (Wildman–Crippen MR) is 85.3 cm³/mol. The predicted octanol–water partition coefficient (Wildman–Crippen LogP) is 2.74. The molecule has 22 heavy (non-hydrogen) atoms. The standard InChI is InChI=1S/C17H20N4O/c1-11-6-7-13(8-12(11)2)15-9-14(20-21(15)5)16(22)19-17(3,4)10-18/h6-9H,1-5H3,(H,19,22). The molecule has 0 saturated carbocycles. The Morgan fingerprint density at radius 2 is 1.95 bits per heavy atom. The molecule has 0 bridgehead atoms. The second-order valence-electron chi connectivity index (χ2n) is 6.03. The van der Waals surface area contributed by atoms with Crippen LogP contribution in [0, 0.1) is 25.2 Å². The van der Waals surface area contributed by atoms with Crippen LogP contribution in [0.15, 0.2) is 24.3 Å². The summed E-state index contributed by atoms with van der Waals surface area (Å²) in [6.07, 6.45) is 0. The zero-order valence-electron chi connectivity index (χ0n) is 13.6. The van der Waals surface area contributed by atoms with Crippen molar-refractivity contribution in [3.8, 4) is 17.3 Å². The van der Waals surface area contributed by atoms with Crippen LogP contribution < -0.4 is 5.32 Å². The van der Waals surface area contributed by atoms with Crippen molar-refractivity contribution in [2.75, 3.05) is 0 Å². The highest BCUT2D eigenvalue weighted by atomic mass is 16.2. The molecule has 0 fully saturated rings. The highest BCUT2D eigenvalue weighted by Gasteiger charge is 2.22. The smallest absolute Gasteiger partial charge is 0.273 e. The summed E-state index contributed by atoms with van der Waals surface area (Å²) in [6, 6.07) is 9.93. The largest absolute Gasteiger partial charge is 0.333 e. The Morgan fingerprint density at radius 3 is 2.55 bits per heavy atom. The molecule has 1 N–H and O–H groups in total. The third-order valence-electron chi connectivity index (χ3n) is 3.62. The second-order valence-corrected chi connectivity index (χ2v) is 6.03. The van der Waals surface area contributed by atoms with E-state index in [0.29, 0.717) is 5.69 Å². The third kappa shape index (κ3) is 3.17. The zero-order valence-corrected chi connectivity index (χ0v) is 13.6. The van der Waals surface area contributed by atoms with Crippen LogP contribution in [-0.2, 0) is 7.05 Å². The first kappa shape index (κ1) is 15.8. The van der Waals surface area contributed by atoms with Gasteiger partial charge < -0.3 is 5.32 Å². The van der Waals surface area contributed by atoms with E-state index in [4.69, 9.17) is 5.26 Å². The molecule has 0 radical (unpaired) electrons. The van der Waals surface area contributed by atoms with E-state index in [1.165, 1.54) is 11.1 Å². The maximum absolute atomic E-state index is 12.2. The van der Waals surface area contributed by atoms with Gasteiger partial charge in [0.05, 0.1) is 11.8 Å². The van der Waals surface area contributed by atoms with Gasteiger partial charge in [-0.25, -0.2) is 0 Å². The number of aryl methyl sites for hydroxylation is 3. The Balaban J connectivity index is 2.34. The van der Waals surface area contributed by atoms with Crippen molar-refractivity contribution < 1.29 is 4.79 Å². The fourth-order valence-corrected chi connectivity index (χ4v) is 2.12. The molecule has 0 atom stereocenters. The van der Waals surface area contributed by atoms with Crippen LogP contribution in [-0.4, -0.2) is 21.2 Å². The average Bonchev–Trinajstić information content (AvgIpc) is 2.84. The number of aromatic nitrogens is 2. The Bertz CT molecular complexity index is 765. The second kappa shape index (κ2) is 5.64. The van der Waals surface area contributed by atoms with E-state index in [1.807, 2.05) is 12.1 Å². The van der Waals surface area contributed by atoms with Gasteiger partial charge in [-0.3, -0.25) is 9.48 Å². The van der Waals surface area contributed by atoms with Crippen molar-refractivity contribution in [1.82, 2.24) is 15.1 Å². The molecular weight excluding hydrogens is 276 g/mol. The van der Waals surface area contributed by atoms with Gasteiger partial charge in [0.2, 0.25) is 0 Å². The van der Waals surface area contributed by atoms with Crippen molar-refractivity contribution in [2.24, 2.45) is 7.05 Å². The maximum Gasteiger partial charge on any atom is 0.273 e. The molecule has 0 saturated heterocycles. The molecule has 114 valence electrons. The van der Waals surface area contributed by atoms with Crippen molar-refractivity contribution in [1.29, 1.82) is 5.26 Å². The number of hydrogen-bond donors (Lipinski definition) is 1. The number of benzene rings is 1. The lowest BCUT2D eigenvalue weighted by atomic mass is 10.0. The van der Waals surface area contributed by atoms with Gasteiger partial charge in [-0.1, -0.05) is 12.1 Å². The van der Waals surface area contributed by atoms with Gasteiger partial charge in [0.25, 0.3) is 5.91 Å². The van der Waals surface area contributed by atoms with E-state index in [0.717, 1.165) is 11.3 Å². The molecule has 1 aromatic heterocycles. The van der Waals surface area contributed by atoms with Crippen LogP contribution in [0.5, 0.6) is 0 Å². The van der Waals surface area contributed by atoms with Gasteiger partial charge in [0, 0.05) is 12.6 Å². The van der Waals surface area contributed by atoms with Gasteiger partial charge in [0.15, 0.2) is 5.69 Å². The summed E-state index contributed by atoms with van der Waals surface area (Å²) in [5.74, 6) is -0.350. The summed E-state index contributed by atoms with van der Waals surface area (Å²) in [7, 11) is 1.80. The Morgan fingerprint density at radius 1 is 1.27 bits per heavy atom. The number of carbonyl (C=O) groups excluding carboxylic acids is 1. The number of nitrogens with one attached hydrogen (secondary N) is 1. The van der Waals surface area contributed by atoms with Gasteiger partial charge >= 0.3 is 0 Å². The average molecular weight is 296 g/mol. The number of rotatable bonds is 3. The highest BCUT2D eigenvalue weighted by Crippen LogP contribution is 2.22. The molecule has 0 unspecified atom stereocenters. The Labute approximate surface area is 130 Å². The first-order valence-corrected chi connectivity index (χ1v) is 7.09. The van der Waals surface area contributed by atoms with E-state index >= 15 is 0 Å². The fourth-order valence-electron chi connectivity index (χ4n) is 2.12. The number of nitriles is 1. The molecule has 0 spiro atoms. The lowest BCUT2D eigenvalue weighted by Crippen LogP contribution is -2.42. The zero-order chi connectivity index (χ0) is 16.5. The minimum Gasteiger partial charge on any atom is -0.333 e. The molecular formula is C17H20N4O. The normalized spacial score (nSPS) is 11.1. The number of amides is 1. The summed E-state index contributed by atoms with van der Waals surface area (Å²) in [5.41, 5.74) is 3.67. The number of carbonyl (C=O) groups is 1. The Hall–Kier alpha value is -2.61. The molecule has 2 rings (SSSR count). The Kier molecular flexibility index (Phi) is 4.05. The van der Waals surface area contributed by atoms with Crippen molar-refractivity contribution in [2.45, 2.75) is 33.2 Å². The first-order valence-electron chi connectivity index (χ1n) is 7.09. The minimum absolute atomic E-state index is 0.305. The van der Waals surface area contributed by atoms with Crippen LogP contribution in [0.3, 0.4) is 0 Å². The molecule has 5 nitrogen and oxygen atoms in total. The van der Waals surface area contributed by atoms with E-state index in [9.17, 15) is 4.79 Å². The van der Waals surface area contributed by atoms with Gasteiger partial charge in [-0.05, 0) is 51.0 Å². The van der Waals surface area contributed by atoms with Gasteiger partial charge in [-0.2, -0.15) is 10.4 Å². The SMILES string of the molecule is Cc1ccc(-c2cc(C(=O)NC(C)(C)C#N)nn2C)cc1C. The number of hydrogen-bond acceptors (Lipinski definition) is 3. The van der Waals surface area contributed by atoms with E-state index < -0.39 is 5.54 Å². The van der Waals surface area contributed by atoms with Gasteiger partial charge in [0.1, 0.15) is 5.54 Å². The summed E-state index contributed by atoms with van der Waals surface area (Å²) < 4.78 is 1.68. The quantitative estimate of drug-likeness (QED) is 0.946. The summed E-state index contributed by atoms with van der Waals surface area (Å²) >= 11 is 0. The lowest BCUT2D eigenvalue weighted by molar-refractivity contribution is 0.0923. The maximum atomic E-state index is 12.2. The molecule has 0 aliphatic carbocycles. The topological polar surface area (TPSA) is 70.7 Å². The van der Waals surface area contributed by atoms with Crippen LogP contribution in [0.1, 0.15) is 35.5 Å². The van der Waals surface area contributed by atoms with Crippen LogP contribution in [0.2, 0.25) is 0 Å². The monoisotopic (exact) mass is 296 g/mol. The summed E-state index contributed by atoms with van der Waals surface area (Å²) in [5, 5.41) is 15.9. The van der Waals surface area contributed by atoms with Crippen molar-refractivity contribution in [3.05, 3.63) is 41.1 Å². The van der Waals surface area contributed by atoms with Crippen molar-refractivity contribution in [3.63, 3.8) is 0 Å². The summed E-state index contributed by atoms with van der Waals surface area (Å²) in [4.78, 5) is 12.2.